The Bertz CT molecular complexity index is 1340. The van der Waals surface area contributed by atoms with Gasteiger partial charge in [-0.05, 0) is 88.8 Å². The molecule has 8 nitrogen and oxygen atoms in total. The largest absolute Gasteiger partial charge is 0.481 e. The van der Waals surface area contributed by atoms with E-state index < -0.39 is 5.60 Å². The Morgan fingerprint density at radius 3 is 2.55 bits per heavy atom. The van der Waals surface area contributed by atoms with Crippen LogP contribution in [0.25, 0.3) is 0 Å². The fourth-order valence-electron chi connectivity index (χ4n) is 5.63. The second kappa shape index (κ2) is 11.4. The number of nitrogens with zero attached hydrogens (tertiary/aromatic N) is 2. The Balaban J connectivity index is 1.47. The summed E-state index contributed by atoms with van der Waals surface area (Å²) in [6.07, 6.45) is 4.61. The van der Waals surface area contributed by atoms with Crippen LogP contribution in [0.1, 0.15) is 70.9 Å². The van der Waals surface area contributed by atoms with E-state index in [4.69, 9.17) is 4.74 Å². The second-order valence-corrected chi connectivity index (χ2v) is 10.2. The fourth-order valence-corrected chi connectivity index (χ4v) is 5.63. The molecule has 1 aliphatic rings. The number of aromatic nitrogens is 2. The number of benzene rings is 1. The molecule has 1 fully saturated rings. The average Bonchev–Trinajstić information content (AvgIpc) is 2.90. The molecule has 2 heterocycles. The molecule has 8 heteroatoms. The molecule has 38 heavy (non-hydrogen) atoms. The number of amides is 1. The standard InChI is InChI=1S/C30H38N4O4/c1-6-34(23-12-14-30(37,15-13-23)22-10-11-27(38-5)31-17-22)26-9-7-8-24(21(26)4)28(35)32-18-25-19(2)16-20(3)33-29(25)36/h7-11,16-17,23,37H,6,12-15,18H2,1-5H3,(H,32,35)(H,33,36). The monoisotopic (exact) mass is 518 g/mol. The van der Waals surface area contributed by atoms with Crippen LogP contribution in [0.3, 0.4) is 0 Å². The number of aryl methyl sites for hydroxylation is 2. The summed E-state index contributed by atoms with van der Waals surface area (Å²) in [5.41, 5.74) is 4.48. The van der Waals surface area contributed by atoms with Gasteiger partial charge in [-0.3, -0.25) is 9.59 Å². The molecular weight excluding hydrogens is 480 g/mol. The number of anilines is 1. The molecular formula is C30H38N4O4. The van der Waals surface area contributed by atoms with Crippen LogP contribution in [0.5, 0.6) is 5.88 Å². The average molecular weight is 519 g/mol. The summed E-state index contributed by atoms with van der Waals surface area (Å²) in [5, 5.41) is 14.3. The number of carbonyl (C=O) groups is 1. The van der Waals surface area contributed by atoms with Crippen molar-refractivity contribution in [1.82, 2.24) is 15.3 Å². The van der Waals surface area contributed by atoms with Gasteiger partial charge in [-0.25, -0.2) is 4.98 Å². The van der Waals surface area contributed by atoms with Gasteiger partial charge < -0.3 is 25.0 Å². The zero-order valence-corrected chi connectivity index (χ0v) is 22.9. The number of H-pyrrole nitrogens is 1. The third kappa shape index (κ3) is 5.60. The minimum absolute atomic E-state index is 0.170. The van der Waals surface area contributed by atoms with E-state index in [1.54, 1.807) is 19.4 Å². The smallest absolute Gasteiger partial charge is 0.253 e. The first-order valence-electron chi connectivity index (χ1n) is 13.2. The zero-order valence-electron chi connectivity index (χ0n) is 22.9. The predicted octanol–water partition coefficient (Wildman–Crippen LogP) is 4.29. The lowest BCUT2D eigenvalue weighted by atomic mass is 9.77. The molecule has 0 radical (unpaired) electrons. The van der Waals surface area contributed by atoms with Crippen LogP contribution in [0.2, 0.25) is 0 Å². The summed E-state index contributed by atoms with van der Waals surface area (Å²) in [6, 6.07) is 11.6. The first-order valence-corrected chi connectivity index (χ1v) is 13.2. The molecule has 0 unspecified atom stereocenters. The Hall–Kier alpha value is -3.65. The lowest BCUT2D eigenvalue weighted by Crippen LogP contribution is -2.43. The van der Waals surface area contributed by atoms with Gasteiger partial charge in [0, 0.05) is 59.5 Å². The van der Waals surface area contributed by atoms with Crippen LogP contribution in [-0.4, -0.2) is 40.7 Å². The van der Waals surface area contributed by atoms with Crippen LogP contribution in [0.4, 0.5) is 5.69 Å². The summed E-state index contributed by atoms with van der Waals surface area (Å²) in [6.45, 7) is 8.77. The molecule has 0 atom stereocenters. The number of pyridine rings is 2. The Kier molecular flexibility index (Phi) is 8.21. The Morgan fingerprint density at radius 1 is 1.21 bits per heavy atom. The summed E-state index contributed by atoms with van der Waals surface area (Å²) >= 11 is 0. The fraction of sp³-hybridized carbons (Fsp3) is 0.433. The molecule has 0 saturated heterocycles. The van der Waals surface area contributed by atoms with Crippen molar-refractivity contribution >= 4 is 11.6 Å². The van der Waals surface area contributed by atoms with Crippen molar-refractivity contribution in [2.75, 3.05) is 18.6 Å². The van der Waals surface area contributed by atoms with E-state index in [0.29, 0.717) is 29.8 Å². The number of nitrogens with one attached hydrogen (secondary N) is 2. The first kappa shape index (κ1) is 27.4. The van der Waals surface area contributed by atoms with Crippen LogP contribution in [0.15, 0.2) is 47.4 Å². The highest BCUT2D eigenvalue weighted by molar-refractivity contribution is 5.97. The number of ether oxygens (including phenoxy) is 1. The number of hydrogen-bond donors (Lipinski definition) is 3. The van der Waals surface area contributed by atoms with Crippen molar-refractivity contribution in [3.05, 3.63) is 86.5 Å². The van der Waals surface area contributed by atoms with E-state index in [1.165, 1.54) is 0 Å². The van der Waals surface area contributed by atoms with Gasteiger partial charge in [-0.2, -0.15) is 0 Å². The maximum Gasteiger partial charge on any atom is 0.253 e. The van der Waals surface area contributed by atoms with Crippen molar-refractivity contribution in [2.24, 2.45) is 0 Å². The summed E-state index contributed by atoms with van der Waals surface area (Å²) < 4.78 is 5.15. The molecule has 1 saturated carbocycles. The van der Waals surface area contributed by atoms with Gasteiger partial charge in [-0.15, -0.1) is 0 Å². The number of aromatic amines is 1. The van der Waals surface area contributed by atoms with E-state index >= 15 is 0 Å². The zero-order chi connectivity index (χ0) is 27.4. The molecule has 0 bridgehead atoms. The summed E-state index contributed by atoms with van der Waals surface area (Å²) in [4.78, 5) is 34.9. The number of methoxy groups -OCH3 is 1. The minimum atomic E-state index is -0.905. The SMILES string of the molecule is CCN(c1cccc(C(=O)NCc2c(C)cc(C)[nH]c2=O)c1C)C1CCC(O)(c2ccc(OC)nc2)CC1. The van der Waals surface area contributed by atoms with Crippen LogP contribution in [0, 0.1) is 20.8 Å². The third-order valence-corrected chi connectivity index (χ3v) is 7.83. The van der Waals surface area contributed by atoms with E-state index in [9.17, 15) is 14.7 Å². The van der Waals surface area contributed by atoms with Gasteiger partial charge in [0.15, 0.2) is 0 Å². The molecule has 2 aromatic heterocycles. The molecule has 202 valence electrons. The molecule has 0 aliphatic heterocycles. The van der Waals surface area contributed by atoms with Gasteiger partial charge in [0.2, 0.25) is 5.88 Å². The Labute approximate surface area is 224 Å². The van der Waals surface area contributed by atoms with Crippen LogP contribution >= 0.6 is 0 Å². The predicted molar refractivity (Wildman–Crippen MR) is 149 cm³/mol. The highest BCUT2D eigenvalue weighted by Gasteiger charge is 2.37. The number of hydrogen-bond acceptors (Lipinski definition) is 6. The van der Waals surface area contributed by atoms with Crippen molar-refractivity contribution in [3.8, 4) is 5.88 Å². The maximum absolute atomic E-state index is 13.2. The van der Waals surface area contributed by atoms with Gasteiger partial charge in [-0.1, -0.05) is 6.07 Å². The van der Waals surface area contributed by atoms with Gasteiger partial charge >= 0.3 is 0 Å². The van der Waals surface area contributed by atoms with E-state index in [-0.39, 0.29) is 24.1 Å². The topological polar surface area (TPSA) is 108 Å². The quantitative estimate of drug-likeness (QED) is 0.411. The molecule has 0 spiro atoms. The molecule has 1 amide bonds. The summed E-state index contributed by atoms with van der Waals surface area (Å²) in [7, 11) is 1.58. The third-order valence-electron chi connectivity index (χ3n) is 7.83. The molecule has 4 rings (SSSR count). The normalized spacial score (nSPS) is 19.2. The van der Waals surface area contributed by atoms with Crippen LogP contribution in [-0.2, 0) is 12.1 Å². The lowest BCUT2D eigenvalue weighted by Gasteiger charge is -2.42. The number of rotatable bonds is 8. The summed E-state index contributed by atoms with van der Waals surface area (Å²) in [5.74, 6) is 0.327. The van der Waals surface area contributed by atoms with Crippen molar-refractivity contribution in [2.45, 2.75) is 71.6 Å². The molecule has 1 aromatic carbocycles. The second-order valence-electron chi connectivity index (χ2n) is 10.2. The highest BCUT2D eigenvalue weighted by atomic mass is 16.5. The molecule has 1 aliphatic carbocycles. The lowest BCUT2D eigenvalue weighted by molar-refractivity contribution is -0.00595. The van der Waals surface area contributed by atoms with E-state index in [2.05, 4.69) is 33.2 Å². The minimum Gasteiger partial charge on any atom is -0.481 e. The van der Waals surface area contributed by atoms with E-state index in [0.717, 1.165) is 47.5 Å². The number of aliphatic hydroxyl groups is 1. The molecule has 3 aromatic rings. The van der Waals surface area contributed by atoms with Crippen molar-refractivity contribution in [1.29, 1.82) is 0 Å². The molecule has 3 N–H and O–H groups in total. The highest BCUT2D eigenvalue weighted by Crippen LogP contribution is 2.40. The van der Waals surface area contributed by atoms with Gasteiger partial charge in [0.1, 0.15) is 0 Å². The van der Waals surface area contributed by atoms with E-state index in [1.807, 2.05) is 45.0 Å². The van der Waals surface area contributed by atoms with Gasteiger partial charge in [0.05, 0.1) is 12.7 Å². The number of carbonyl (C=O) groups excluding carboxylic acids is 1. The van der Waals surface area contributed by atoms with Crippen molar-refractivity contribution in [3.63, 3.8) is 0 Å². The van der Waals surface area contributed by atoms with Gasteiger partial charge in [0.25, 0.3) is 11.5 Å². The van der Waals surface area contributed by atoms with Crippen molar-refractivity contribution < 1.29 is 14.6 Å². The van der Waals surface area contributed by atoms with Crippen LogP contribution < -0.4 is 20.5 Å². The maximum atomic E-state index is 13.2. The first-order chi connectivity index (χ1) is 18.2. The Morgan fingerprint density at radius 2 is 1.95 bits per heavy atom.